The van der Waals surface area contributed by atoms with Crippen molar-refractivity contribution in [1.82, 2.24) is 5.32 Å². The highest BCUT2D eigenvalue weighted by Crippen LogP contribution is 2.25. The molecule has 1 aromatic carbocycles. The number of rotatable bonds is 7. The van der Waals surface area contributed by atoms with E-state index in [0.717, 1.165) is 0 Å². The molecule has 0 atom stereocenters. The lowest BCUT2D eigenvalue weighted by Gasteiger charge is -2.12. The fourth-order valence-electron chi connectivity index (χ4n) is 1.33. The summed E-state index contributed by atoms with van der Waals surface area (Å²) in [5.41, 5.74) is 0.554. The first-order chi connectivity index (χ1) is 8.17. The molecule has 2 N–H and O–H groups in total. The van der Waals surface area contributed by atoms with Crippen molar-refractivity contribution in [3.63, 3.8) is 0 Å². The van der Waals surface area contributed by atoms with Gasteiger partial charge in [0.25, 0.3) is 0 Å². The number of methoxy groups -OCH3 is 1. The van der Waals surface area contributed by atoms with Crippen molar-refractivity contribution in [2.24, 2.45) is 0 Å². The van der Waals surface area contributed by atoms with Crippen LogP contribution >= 0.6 is 0 Å². The van der Waals surface area contributed by atoms with Crippen LogP contribution in [0, 0.1) is 0 Å². The first-order valence-electron chi connectivity index (χ1n) is 5.10. The number of ether oxygens (including phenoxy) is 2. The van der Waals surface area contributed by atoms with E-state index >= 15 is 0 Å². The highest BCUT2D eigenvalue weighted by atomic mass is 19.3. The summed E-state index contributed by atoms with van der Waals surface area (Å²) < 4.78 is 33.7. The summed E-state index contributed by atoms with van der Waals surface area (Å²) in [5, 5.41) is 11.5. The molecular weight excluding hydrogens is 232 g/mol. The molecule has 0 saturated heterocycles. The lowest BCUT2D eigenvalue weighted by Crippen LogP contribution is -2.18. The third kappa shape index (κ3) is 4.54. The van der Waals surface area contributed by atoms with Crippen molar-refractivity contribution in [2.45, 2.75) is 13.2 Å². The number of aliphatic hydroxyl groups is 1. The molecular formula is C11H15F2NO3. The number of benzene rings is 1. The van der Waals surface area contributed by atoms with Gasteiger partial charge in [-0.3, -0.25) is 0 Å². The maximum Gasteiger partial charge on any atom is 0.387 e. The third-order valence-corrected chi connectivity index (χ3v) is 2.09. The second-order valence-corrected chi connectivity index (χ2v) is 3.25. The molecule has 0 aliphatic heterocycles. The molecule has 96 valence electrons. The topological polar surface area (TPSA) is 50.7 Å². The molecule has 0 spiro atoms. The number of nitrogens with one attached hydrogen (secondary N) is 1. The van der Waals surface area contributed by atoms with E-state index in [2.05, 4.69) is 10.1 Å². The number of halogens is 2. The molecule has 0 unspecified atom stereocenters. The molecule has 0 radical (unpaired) electrons. The van der Waals surface area contributed by atoms with Crippen LogP contribution in [0.2, 0.25) is 0 Å². The smallest absolute Gasteiger partial charge is 0.387 e. The summed E-state index contributed by atoms with van der Waals surface area (Å²) in [6.45, 7) is -2.18. The van der Waals surface area contributed by atoms with Crippen molar-refractivity contribution >= 4 is 0 Å². The molecule has 17 heavy (non-hydrogen) atoms. The maximum absolute atomic E-state index is 12.2. The molecule has 1 rings (SSSR count). The molecule has 4 nitrogen and oxygen atoms in total. The lowest BCUT2D eigenvalue weighted by molar-refractivity contribution is -0.0505. The van der Waals surface area contributed by atoms with Gasteiger partial charge in [-0.2, -0.15) is 8.78 Å². The summed E-state index contributed by atoms with van der Waals surface area (Å²) in [6.07, 6.45) is 0. The second kappa shape index (κ2) is 7.03. The van der Waals surface area contributed by atoms with Crippen LogP contribution in [-0.2, 0) is 6.54 Å². The van der Waals surface area contributed by atoms with Gasteiger partial charge >= 0.3 is 6.61 Å². The maximum atomic E-state index is 12.2. The molecule has 0 saturated carbocycles. The van der Waals surface area contributed by atoms with Gasteiger partial charge < -0.3 is 19.9 Å². The van der Waals surface area contributed by atoms with E-state index in [1.165, 1.54) is 13.2 Å². The summed E-state index contributed by atoms with van der Waals surface area (Å²) in [7, 11) is 1.49. The monoisotopic (exact) mass is 247 g/mol. The van der Waals surface area contributed by atoms with Crippen LogP contribution in [0.4, 0.5) is 8.78 Å². The van der Waals surface area contributed by atoms with Crippen LogP contribution in [0.1, 0.15) is 5.56 Å². The summed E-state index contributed by atoms with van der Waals surface area (Å²) in [4.78, 5) is 0. The van der Waals surface area contributed by atoms with E-state index in [-0.39, 0.29) is 12.4 Å². The molecule has 0 bridgehead atoms. The summed E-state index contributed by atoms with van der Waals surface area (Å²) in [5.74, 6) is 0.665. The Morgan fingerprint density at radius 1 is 1.41 bits per heavy atom. The predicted octanol–water partition coefficient (Wildman–Crippen LogP) is 1.38. The molecule has 0 amide bonds. The molecule has 0 aliphatic carbocycles. The van der Waals surface area contributed by atoms with E-state index in [0.29, 0.717) is 24.4 Å². The first kappa shape index (κ1) is 13.7. The van der Waals surface area contributed by atoms with Crippen molar-refractivity contribution in [2.75, 3.05) is 20.3 Å². The van der Waals surface area contributed by atoms with Gasteiger partial charge in [-0.1, -0.05) is 0 Å². The Balaban J connectivity index is 2.79. The van der Waals surface area contributed by atoms with Gasteiger partial charge in [0, 0.05) is 18.7 Å². The van der Waals surface area contributed by atoms with Gasteiger partial charge in [0.05, 0.1) is 13.7 Å². The molecule has 0 aromatic heterocycles. The highest BCUT2D eigenvalue weighted by molar-refractivity contribution is 5.40. The van der Waals surface area contributed by atoms with E-state index < -0.39 is 6.61 Å². The molecule has 6 heteroatoms. The number of hydrogen-bond acceptors (Lipinski definition) is 4. The molecule has 0 heterocycles. The van der Waals surface area contributed by atoms with E-state index in [9.17, 15) is 8.78 Å². The fraction of sp³-hybridized carbons (Fsp3) is 0.455. The summed E-state index contributed by atoms with van der Waals surface area (Å²) >= 11 is 0. The molecule has 1 aromatic rings. The van der Waals surface area contributed by atoms with Crippen molar-refractivity contribution in [1.29, 1.82) is 0 Å². The van der Waals surface area contributed by atoms with Crippen LogP contribution in [0.5, 0.6) is 11.5 Å². The van der Waals surface area contributed by atoms with Crippen LogP contribution in [0.3, 0.4) is 0 Å². The minimum Gasteiger partial charge on any atom is -0.497 e. The normalized spacial score (nSPS) is 10.6. The Morgan fingerprint density at radius 2 is 2.18 bits per heavy atom. The van der Waals surface area contributed by atoms with Crippen LogP contribution in [0.25, 0.3) is 0 Å². The minimum absolute atomic E-state index is 0.0188. The van der Waals surface area contributed by atoms with E-state index in [1.807, 2.05) is 0 Å². The zero-order chi connectivity index (χ0) is 12.7. The first-order valence-corrected chi connectivity index (χ1v) is 5.10. The largest absolute Gasteiger partial charge is 0.497 e. The van der Waals surface area contributed by atoms with Gasteiger partial charge in [0.2, 0.25) is 0 Å². The predicted molar refractivity (Wildman–Crippen MR) is 58.4 cm³/mol. The quantitative estimate of drug-likeness (QED) is 0.715. The van der Waals surface area contributed by atoms with Gasteiger partial charge in [0.15, 0.2) is 0 Å². The van der Waals surface area contributed by atoms with Gasteiger partial charge in [-0.05, 0) is 18.2 Å². The second-order valence-electron chi connectivity index (χ2n) is 3.25. The van der Waals surface area contributed by atoms with E-state index in [4.69, 9.17) is 9.84 Å². The van der Waals surface area contributed by atoms with Crippen LogP contribution in [0.15, 0.2) is 18.2 Å². The zero-order valence-corrected chi connectivity index (χ0v) is 9.45. The number of aliphatic hydroxyl groups excluding tert-OH is 1. The van der Waals surface area contributed by atoms with Gasteiger partial charge in [-0.25, -0.2) is 0 Å². The Bertz CT molecular complexity index is 347. The lowest BCUT2D eigenvalue weighted by atomic mass is 10.2. The van der Waals surface area contributed by atoms with Crippen LogP contribution < -0.4 is 14.8 Å². The van der Waals surface area contributed by atoms with Crippen molar-refractivity contribution in [3.05, 3.63) is 23.8 Å². The van der Waals surface area contributed by atoms with Crippen molar-refractivity contribution in [3.8, 4) is 11.5 Å². The Labute approximate surface area is 98.2 Å². The van der Waals surface area contributed by atoms with Crippen LogP contribution in [-0.4, -0.2) is 32.0 Å². The molecule has 0 aliphatic rings. The fourth-order valence-corrected chi connectivity index (χ4v) is 1.33. The highest BCUT2D eigenvalue weighted by Gasteiger charge is 2.10. The van der Waals surface area contributed by atoms with Crippen molar-refractivity contribution < 1.29 is 23.4 Å². The summed E-state index contributed by atoms with van der Waals surface area (Å²) in [6, 6.07) is 4.59. The van der Waals surface area contributed by atoms with Gasteiger partial charge in [0.1, 0.15) is 11.5 Å². The SMILES string of the molecule is COc1ccc(OC(F)F)c(CNCCO)c1. The van der Waals surface area contributed by atoms with E-state index in [1.54, 1.807) is 12.1 Å². The average molecular weight is 247 g/mol. The average Bonchev–Trinajstić information content (AvgIpc) is 2.30. The Kier molecular flexibility index (Phi) is 5.65. The number of alkyl halides is 2. The van der Waals surface area contributed by atoms with Gasteiger partial charge in [-0.15, -0.1) is 0 Å². The standard InChI is InChI=1S/C11H15F2NO3/c1-16-9-2-3-10(17-11(12)13)8(6-9)7-14-4-5-15/h2-3,6,11,14-15H,4-5,7H2,1H3. The Morgan fingerprint density at radius 3 is 2.76 bits per heavy atom. The third-order valence-electron chi connectivity index (χ3n) is 2.09. The number of hydrogen-bond donors (Lipinski definition) is 2. The Hall–Kier alpha value is -1.40. The zero-order valence-electron chi connectivity index (χ0n) is 9.45. The minimum atomic E-state index is -2.86. The molecule has 0 fully saturated rings.